The largest absolute Gasteiger partial charge is 0.274 e. The van der Waals surface area contributed by atoms with Gasteiger partial charge in [0.25, 0.3) is 5.69 Å². The number of benzene rings is 1. The maximum Gasteiger partial charge on any atom is 0.270 e. The van der Waals surface area contributed by atoms with E-state index in [0.717, 1.165) is 6.92 Å². The topological polar surface area (TPSA) is 106 Å². The average molecular weight is 337 g/mol. The minimum Gasteiger partial charge on any atom is -0.274 e. The molecule has 18 heavy (non-hydrogen) atoms. The molecule has 0 aromatic heterocycles. The van der Waals surface area contributed by atoms with E-state index < -0.39 is 26.6 Å². The van der Waals surface area contributed by atoms with E-state index in [9.17, 15) is 23.3 Å². The molecular formula is C9H9BrN2O5S. The normalized spacial score (nSPS) is 11.0. The molecule has 0 fully saturated rings. The summed E-state index contributed by atoms with van der Waals surface area (Å²) < 4.78 is 25.1. The monoisotopic (exact) mass is 336 g/mol. The summed E-state index contributed by atoms with van der Waals surface area (Å²) in [6.07, 6.45) is 0. The molecule has 0 aliphatic heterocycles. The van der Waals surface area contributed by atoms with Gasteiger partial charge in [0, 0.05) is 23.5 Å². The Morgan fingerprint density at radius 1 is 1.50 bits per heavy atom. The fourth-order valence-corrected chi connectivity index (χ4v) is 3.09. The number of nitrogens with zero attached hydrogens (tertiary/aromatic N) is 1. The molecule has 0 atom stereocenters. The fraction of sp³-hybridized carbons (Fsp3) is 0.222. The first-order valence-corrected chi connectivity index (χ1v) is 7.09. The molecule has 1 N–H and O–H groups in total. The van der Waals surface area contributed by atoms with E-state index in [2.05, 4.69) is 15.9 Å². The number of carbonyl (C=O) groups is 1. The van der Waals surface area contributed by atoms with Gasteiger partial charge in [-0.05, 0) is 11.6 Å². The van der Waals surface area contributed by atoms with Crippen molar-refractivity contribution in [3.05, 3.63) is 38.3 Å². The molecule has 1 aromatic carbocycles. The van der Waals surface area contributed by atoms with Crippen LogP contribution in [0.25, 0.3) is 0 Å². The number of rotatable bonds is 4. The molecule has 0 heterocycles. The summed E-state index contributed by atoms with van der Waals surface area (Å²) in [4.78, 5) is 20.6. The van der Waals surface area contributed by atoms with Gasteiger partial charge >= 0.3 is 0 Å². The van der Waals surface area contributed by atoms with Crippen molar-refractivity contribution in [1.29, 1.82) is 0 Å². The molecule has 0 radical (unpaired) electrons. The fourth-order valence-electron chi connectivity index (χ4n) is 1.23. The highest BCUT2D eigenvalue weighted by Crippen LogP contribution is 2.24. The molecule has 0 bridgehead atoms. The zero-order valence-electron chi connectivity index (χ0n) is 9.21. The van der Waals surface area contributed by atoms with Gasteiger partial charge in [-0.3, -0.25) is 19.6 Å². The number of nitro benzene ring substituents is 1. The third-order valence-electron chi connectivity index (χ3n) is 1.89. The van der Waals surface area contributed by atoms with Crippen molar-refractivity contribution in [2.24, 2.45) is 0 Å². The van der Waals surface area contributed by atoms with E-state index >= 15 is 0 Å². The number of amides is 1. The van der Waals surface area contributed by atoms with Crippen molar-refractivity contribution in [2.45, 2.75) is 12.7 Å². The number of nitro groups is 1. The lowest BCUT2D eigenvalue weighted by Crippen LogP contribution is -2.29. The SMILES string of the molecule is CC(=O)NS(=O)(=O)Cc1ccc([N+](=O)[O-])cc1Br. The summed E-state index contributed by atoms with van der Waals surface area (Å²) in [6.45, 7) is 1.09. The Labute approximate surface area is 112 Å². The summed E-state index contributed by atoms with van der Waals surface area (Å²) in [6, 6.07) is 3.73. The van der Waals surface area contributed by atoms with Crippen LogP contribution in [-0.4, -0.2) is 19.2 Å². The Balaban J connectivity index is 2.99. The van der Waals surface area contributed by atoms with E-state index in [1.165, 1.54) is 18.2 Å². The first-order valence-electron chi connectivity index (χ1n) is 4.65. The van der Waals surface area contributed by atoms with Gasteiger partial charge in [-0.2, -0.15) is 0 Å². The predicted octanol–water partition coefficient (Wildman–Crippen LogP) is 1.32. The average Bonchev–Trinajstić information content (AvgIpc) is 2.18. The van der Waals surface area contributed by atoms with Crippen molar-refractivity contribution >= 4 is 37.5 Å². The lowest BCUT2D eigenvalue weighted by Gasteiger charge is -2.06. The van der Waals surface area contributed by atoms with E-state index in [4.69, 9.17) is 0 Å². The minimum absolute atomic E-state index is 0.150. The maximum absolute atomic E-state index is 11.5. The number of nitrogens with one attached hydrogen (secondary N) is 1. The van der Waals surface area contributed by atoms with Crippen LogP contribution in [-0.2, 0) is 20.6 Å². The van der Waals surface area contributed by atoms with E-state index in [1.807, 2.05) is 4.72 Å². The van der Waals surface area contributed by atoms with Crippen LogP contribution in [0.4, 0.5) is 5.69 Å². The Bertz CT molecular complexity index is 599. The van der Waals surface area contributed by atoms with Crippen LogP contribution in [0.1, 0.15) is 12.5 Å². The van der Waals surface area contributed by atoms with E-state index in [1.54, 1.807) is 0 Å². The van der Waals surface area contributed by atoms with Crippen molar-refractivity contribution < 1.29 is 18.1 Å². The molecule has 0 saturated heterocycles. The first kappa shape index (κ1) is 14.6. The van der Waals surface area contributed by atoms with Crippen molar-refractivity contribution in [3.8, 4) is 0 Å². The minimum atomic E-state index is -3.79. The summed E-state index contributed by atoms with van der Waals surface area (Å²) in [5.74, 6) is -1.13. The number of hydrogen-bond donors (Lipinski definition) is 1. The molecule has 1 amide bonds. The molecule has 1 rings (SSSR count). The molecule has 0 saturated carbocycles. The van der Waals surface area contributed by atoms with Gasteiger partial charge in [0.2, 0.25) is 15.9 Å². The molecule has 0 unspecified atom stereocenters. The van der Waals surface area contributed by atoms with Gasteiger partial charge in [-0.25, -0.2) is 8.42 Å². The van der Waals surface area contributed by atoms with Crippen molar-refractivity contribution in [1.82, 2.24) is 4.72 Å². The first-order chi connectivity index (χ1) is 8.21. The smallest absolute Gasteiger partial charge is 0.270 e. The highest BCUT2D eigenvalue weighted by atomic mass is 79.9. The second kappa shape index (κ2) is 5.44. The Morgan fingerprint density at radius 2 is 2.11 bits per heavy atom. The van der Waals surface area contributed by atoms with Crippen molar-refractivity contribution in [3.63, 3.8) is 0 Å². The van der Waals surface area contributed by atoms with Crippen LogP contribution in [0.3, 0.4) is 0 Å². The zero-order chi connectivity index (χ0) is 13.9. The van der Waals surface area contributed by atoms with Gasteiger partial charge in [-0.15, -0.1) is 0 Å². The standard InChI is InChI=1S/C9H9BrN2O5S/c1-6(13)11-18(16,17)5-7-2-3-8(12(14)15)4-9(7)10/h2-4H,5H2,1H3,(H,11,13). The Kier molecular flexibility index (Phi) is 4.41. The summed E-state index contributed by atoms with van der Waals surface area (Å²) in [5, 5.41) is 10.5. The van der Waals surface area contributed by atoms with Gasteiger partial charge < -0.3 is 0 Å². The highest BCUT2D eigenvalue weighted by Gasteiger charge is 2.17. The zero-order valence-corrected chi connectivity index (χ0v) is 11.6. The lowest BCUT2D eigenvalue weighted by atomic mass is 10.2. The number of non-ortho nitro benzene ring substituents is 1. The Hall–Kier alpha value is -1.48. The van der Waals surface area contributed by atoms with Crippen LogP contribution in [0.2, 0.25) is 0 Å². The molecule has 98 valence electrons. The van der Waals surface area contributed by atoms with Gasteiger partial charge in [-0.1, -0.05) is 15.9 Å². The summed E-state index contributed by atoms with van der Waals surface area (Å²) in [5.41, 5.74) is 0.178. The second-order valence-electron chi connectivity index (χ2n) is 3.45. The van der Waals surface area contributed by atoms with Crippen LogP contribution in [0, 0.1) is 10.1 Å². The van der Waals surface area contributed by atoms with Crippen LogP contribution in [0.5, 0.6) is 0 Å². The number of halogens is 1. The molecule has 0 aliphatic rings. The third-order valence-corrected chi connectivity index (χ3v) is 3.92. The number of carbonyl (C=O) groups excluding carboxylic acids is 1. The predicted molar refractivity (Wildman–Crippen MR) is 67.2 cm³/mol. The number of hydrogen-bond acceptors (Lipinski definition) is 5. The molecule has 0 aliphatic carbocycles. The molecule has 0 spiro atoms. The summed E-state index contributed by atoms with van der Waals surface area (Å²) >= 11 is 3.05. The quantitative estimate of drug-likeness (QED) is 0.659. The molecule has 1 aromatic rings. The molecular weight excluding hydrogens is 328 g/mol. The number of sulfonamides is 1. The van der Waals surface area contributed by atoms with Gasteiger partial charge in [0.15, 0.2) is 0 Å². The van der Waals surface area contributed by atoms with Crippen LogP contribution in [0.15, 0.2) is 22.7 Å². The third kappa shape index (κ3) is 4.08. The lowest BCUT2D eigenvalue weighted by molar-refractivity contribution is -0.384. The van der Waals surface area contributed by atoms with Crippen molar-refractivity contribution in [2.75, 3.05) is 0 Å². The van der Waals surface area contributed by atoms with E-state index in [-0.39, 0.29) is 5.69 Å². The van der Waals surface area contributed by atoms with Crippen LogP contribution >= 0.6 is 15.9 Å². The molecule has 9 heteroatoms. The second-order valence-corrected chi connectivity index (χ2v) is 6.03. The van der Waals surface area contributed by atoms with Gasteiger partial charge in [0.05, 0.1) is 10.7 Å². The molecule has 7 nitrogen and oxygen atoms in total. The summed E-state index contributed by atoms with van der Waals surface area (Å²) in [7, 11) is -3.79. The van der Waals surface area contributed by atoms with Gasteiger partial charge in [0.1, 0.15) is 0 Å². The van der Waals surface area contributed by atoms with Crippen LogP contribution < -0.4 is 4.72 Å². The Morgan fingerprint density at radius 3 is 2.56 bits per heavy atom. The van der Waals surface area contributed by atoms with E-state index in [0.29, 0.717) is 10.0 Å². The highest BCUT2D eigenvalue weighted by molar-refractivity contribution is 9.10. The maximum atomic E-state index is 11.5.